The number of halogens is 1. The molecular weight excluding hydrogens is 306 g/mol. The Bertz CT molecular complexity index is 555. The maximum absolute atomic E-state index is 9.70. The van der Waals surface area contributed by atoms with Crippen LogP contribution in [0, 0.1) is 0 Å². The van der Waals surface area contributed by atoms with Gasteiger partial charge in [-0.25, -0.2) is 0 Å². The lowest BCUT2D eigenvalue weighted by Crippen LogP contribution is -2.18. The number of rotatable bonds is 4. The van der Waals surface area contributed by atoms with Gasteiger partial charge in [-0.15, -0.1) is 0 Å². The minimum Gasteiger partial charge on any atom is -0.508 e. The Morgan fingerprint density at radius 3 is 2.42 bits per heavy atom. The van der Waals surface area contributed by atoms with Crippen LogP contribution in [0.5, 0.6) is 11.5 Å². The van der Waals surface area contributed by atoms with Crippen LogP contribution in [0.2, 0.25) is 0 Å². The van der Waals surface area contributed by atoms with Crippen molar-refractivity contribution in [2.75, 3.05) is 0 Å². The van der Waals surface area contributed by atoms with E-state index < -0.39 is 0 Å². The molecule has 2 aromatic carbocycles. The first-order chi connectivity index (χ1) is 9.06. The lowest BCUT2D eigenvalue weighted by atomic mass is 10.1. The molecule has 1 atom stereocenters. The third-order valence-electron chi connectivity index (χ3n) is 3.04. The van der Waals surface area contributed by atoms with Gasteiger partial charge in [-0.2, -0.15) is 0 Å². The quantitative estimate of drug-likeness (QED) is 0.804. The normalized spacial score (nSPS) is 12.3. The van der Waals surface area contributed by atoms with Crippen LogP contribution in [0.1, 0.15) is 24.1 Å². The summed E-state index contributed by atoms with van der Waals surface area (Å²) in [5.74, 6) is 0.178. The van der Waals surface area contributed by atoms with Crippen molar-refractivity contribution in [2.45, 2.75) is 19.5 Å². The van der Waals surface area contributed by atoms with Gasteiger partial charge in [0, 0.05) is 28.7 Å². The van der Waals surface area contributed by atoms with Gasteiger partial charge in [0.25, 0.3) is 0 Å². The van der Waals surface area contributed by atoms with E-state index in [4.69, 9.17) is 0 Å². The summed E-state index contributed by atoms with van der Waals surface area (Å²) in [5.41, 5.74) is 1.95. The van der Waals surface area contributed by atoms with E-state index in [9.17, 15) is 10.2 Å². The SMILES string of the molecule is CC(NCc1ccc(O)cc1O)c1ccc(Br)cc1. The molecule has 0 aromatic heterocycles. The van der Waals surface area contributed by atoms with Crippen LogP contribution in [-0.2, 0) is 6.54 Å². The Balaban J connectivity index is 2.00. The zero-order valence-electron chi connectivity index (χ0n) is 10.6. The minimum atomic E-state index is 0.0715. The summed E-state index contributed by atoms with van der Waals surface area (Å²) in [6.45, 7) is 2.62. The van der Waals surface area contributed by atoms with Crippen LogP contribution in [0.3, 0.4) is 0 Å². The lowest BCUT2D eigenvalue weighted by molar-refractivity contribution is 0.441. The summed E-state index contributed by atoms with van der Waals surface area (Å²) in [4.78, 5) is 0. The Morgan fingerprint density at radius 2 is 1.79 bits per heavy atom. The van der Waals surface area contributed by atoms with E-state index in [1.165, 1.54) is 11.6 Å². The standard InChI is InChI=1S/C15H16BrNO2/c1-10(11-2-5-13(16)6-3-11)17-9-12-4-7-14(18)8-15(12)19/h2-8,10,17-19H,9H2,1H3. The summed E-state index contributed by atoms with van der Waals surface area (Å²) >= 11 is 3.41. The van der Waals surface area contributed by atoms with E-state index in [0.717, 1.165) is 10.0 Å². The molecule has 0 aliphatic heterocycles. The minimum absolute atomic E-state index is 0.0715. The summed E-state index contributed by atoms with van der Waals surface area (Å²) in [5, 5.41) is 22.3. The zero-order chi connectivity index (χ0) is 13.8. The first-order valence-corrected chi connectivity index (χ1v) is 6.85. The lowest BCUT2D eigenvalue weighted by Gasteiger charge is -2.15. The molecule has 0 radical (unpaired) electrons. The third kappa shape index (κ3) is 3.72. The van der Waals surface area contributed by atoms with Crippen molar-refractivity contribution in [1.29, 1.82) is 0 Å². The van der Waals surface area contributed by atoms with Gasteiger partial charge >= 0.3 is 0 Å². The van der Waals surface area contributed by atoms with Crippen molar-refractivity contribution in [1.82, 2.24) is 5.32 Å². The Labute approximate surface area is 121 Å². The smallest absolute Gasteiger partial charge is 0.123 e. The molecule has 2 rings (SSSR count). The summed E-state index contributed by atoms with van der Waals surface area (Å²) in [6, 6.07) is 12.9. The van der Waals surface area contributed by atoms with Gasteiger partial charge in [0.05, 0.1) is 0 Å². The van der Waals surface area contributed by atoms with Crippen molar-refractivity contribution in [3.63, 3.8) is 0 Å². The topological polar surface area (TPSA) is 52.5 Å². The number of aromatic hydroxyl groups is 2. The second kappa shape index (κ2) is 6.08. The van der Waals surface area contributed by atoms with Crippen molar-refractivity contribution in [3.05, 3.63) is 58.1 Å². The molecule has 0 bridgehead atoms. The molecule has 0 amide bonds. The molecule has 0 saturated carbocycles. The highest BCUT2D eigenvalue weighted by molar-refractivity contribution is 9.10. The molecule has 1 unspecified atom stereocenters. The summed E-state index contributed by atoms with van der Waals surface area (Å²) in [6.07, 6.45) is 0. The molecule has 0 saturated heterocycles. The zero-order valence-corrected chi connectivity index (χ0v) is 12.2. The average molecular weight is 322 g/mol. The molecule has 19 heavy (non-hydrogen) atoms. The number of nitrogens with one attached hydrogen (secondary N) is 1. The molecule has 0 heterocycles. The first kappa shape index (κ1) is 13.9. The van der Waals surface area contributed by atoms with Gasteiger partial charge in [-0.3, -0.25) is 0 Å². The van der Waals surface area contributed by atoms with E-state index >= 15 is 0 Å². The van der Waals surface area contributed by atoms with Crippen molar-refractivity contribution < 1.29 is 10.2 Å². The molecule has 100 valence electrons. The number of phenolic OH excluding ortho intramolecular Hbond substituents is 2. The van der Waals surface area contributed by atoms with Gasteiger partial charge in [0.2, 0.25) is 0 Å². The van der Waals surface area contributed by atoms with E-state index in [0.29, 0.717) is 6.54 Å². The van der Waals surface area contributed by atoms with Crippen LogP contribution in [0.15, 0.2) is 46.9 Å². The van der Waals surface area contributed by atoms with Crippen molar-refractivity contribution in [3.8, 4) is 11.5 Å². The average Bonchev–Trinajstić information content (AvgIpc) is 2.38. The van der Waals surface area contributed by atoms with Crippen LogP contribution in [0.25, 0.3) is 0 Å². The molecule has 0 fully saturated rings. The maximum Gasteiger partial charge on any atom is 0.123 e. The highest BCUT2D eigenvalue weighted by Gasteiger charge is 2.07. The van der Waals surface area contributed by atoms with E-state index in [1.54, 1.807) is 12.1 Å². The highest BCUT2D eigenvalue weighted by Crippen LogP contribution is 2.23. The van der Waals surface area contributed by atoms with Crippen LogP contribution in [0.4, 0.5) is 0 Å². The number of hydrogen-bond acceptors (Lipinski definition) is 3. The predicted octanol–water partition coefficient (Wildman–Crippen LogP) is 3.71. The van der Waals surface area contributed by atoms with Gasteiger partial charge in [-0.05, 0) is 30.7 Å². The van der Waals surface area contributed by atoms with Crippen molar-refractivity contribution in [2.24, 2.45) is 0 Å². The number of benzene rings is 2. The van der Waals surface area contributed by atoms with Gasteiger partial charge < -0.3 is 15.5 Å². The van der Waals surface area contributed by atoms with E-state index in [1.807, 2.05) is 12.1 Å². The molecule has 4 heteroatoms. The fourth-order valence-corrected chi connectivity index (χ4v) is 2.10. The fraction of sp³-hybridized carbons (Fsp3) is 0.200. The number of hydrogen-bond donors (Lipinski definition) is 3. The second-order valence-corrected chi connectivity index (χ2v) is 5.38. The molecule has 2 aromatic rings. The first-order valence-electron chi connectivity index (χ1n) is 6.06. The second-order valence-electron chi connectivity index (χ2n) is 4.47. The molecule has 3 nitrogen and oxygen atoms in total. The van der Waals surface area contributed by atoms with Crippen LogP contribution < -0.4 is 5.32 Å². The van der Waals surface area contributed by atoms with Crippen LogP contribution >= 0.6 is 15.9 Å². The monoisotopic (exact) mass is 321 g/mol. The van der Waals surface area contributed by atoms with E-state index in [2.05, 4.69) is 40.3 Å². The molecule has 3 N–H and O–H groups in total. The molecule has 0 spiro atoms. The number of phenols is 2. The van der Waals surface area contributed by atoms with Crippen LogP contribution in [-0.4, -0.2) is 10.2 Å². The van der Waals surface area contributed by atoms with Gasteiger partial charge in [0.1, 0.15) is 11.5 Å². The Hall–Kier alpha value is -1.52. The summed E-state index contributed by atoms with van der Waals surface area (Å²) in [7, 11) is 0. The van der Waals surface area contributed by atoms with E-state index in [-0.39, 0.29) is 17.5 Å². The van der Waals surface area contributed by atoms with Gasteiger partial charge in [-0.1, -0.05) is 34.1 Å². The molecular formula is C15H16BrNO2. The Kier molecular flexibility index (Phi) is 4.45. The molecule has 0 aliphatic carbocycles. The van der Waals surface area contributed by atoms with Crippen molar-refractivity contribution >= 4 is 15.9 Å². The summed E-state index contributed by atoms with van der Waals surface area (Å²) < 4.78 is 1.06. The van der Waals surface area contributed by atoms with Gasteiger partial charge in [0.15, 0.2) is 0 Å². The fourth-order valence-electron chi connectivity index (χ4n) is 1.83. The molecule has 0 aliphatic rings. The predicted molar refractivity (Wildman–Crippen MR) is 79.2 cm³/mol. The Morgan fingerprint density at radius 1 is 1.11 bits per heavy atom. The largest absolute Gasteiger partial charge is 0.508 e. The third-order valence-corrected chi connectivity index (χ3v) is 3.57. The maximum atomic E-state index is 9.70. The highest BCUT2D eigenvalue weighted by atomic mass is 79.9.